The summed E-state index contributed by atoms with van der Waals surface area (Å²) in [7, 11) is 0. The van der Waals surface area contributed by atoms with Crippen LogP contribution in [0.1, 0.15) is 30.1 Å². The van der Waals surface area contributed by atoms with Crippen molar-refractivity contribution in [3.63, 3.8) is 0 Å². The van der Waals surface area contributed by atoms with Gasteiger partial charge < -0.3 is 14.4 Å². The van der Waals surface area contributed by atoms with E-state index in [0.29, 0.717) is 24.9 Å². The van der Waals surface area contributed by atoms with Gasteiger partial charge in [0.05, 0.1) is 17.7 Å². The van der Waals surface area contributed by atoms with E-state index in [2.05, 4.69) is 0 Å². The van der Waals surface area contributed by atoms with Crippen LogP contribution >= 0.6 is 0 Å². The molecule has 0 spiro atoms. The molecule has 2 rings (SSSR count). The number of aliphatic carboxylic acids is 1. The van der Waals surface area contributed by atoms with Gasteiger partial charge in [0, 0.05) is 12.6 Å². The Balaban J connectivity index is 2.05. The van der Waals surface area contributed by atoms with Gasteiger partial charge in [-0.05, 0) is 25.8 Å². The Morgan fingerprint density at radius 3 is 2.82 bits per heavy atom. The predicted octanol–water partition coefficient (Wildman–Crippen LogP) is 1.60. The van der Waals surface area contributed by atoms with Crippen LogP contribution in [0.3, 0.4) is 0 Å². The average molecular weight is 237 g/mol. The number of hydrogen-bond acceptors (Lipinski definition) is 3. The fourth-order valence-electron chi connectivity index (χ4n) is 2.25. The third kappa shape index (κ3) is 2.33. The van der Waals surface area contributed by atoms with Crippen molar-refractivity contribution >= 4 is 11.9 Å². The largest absolute Gasteiger partial charge is 0.481 e. The standard InChI is InChI=1S/C12H15NO4/c1-8-6-9(12(15)16)2-4-13(8)11(14)10-3-5-17-7-10/h3,5,7-9H,2,4,6H2,1H3,(H,15,16). The number of hydrogen-bond donors (Lipinski definition) is 1. The number of nitrogens with zero attached hydrogens (tertiary/aromatic N) is 1. The van der Waals surface area contributed by atoms with Crippen LogP contribution in [0.25, 0.3) is 0 Å². The lowest BCUT2D eigenvalue weighted by Crippen LogP contribution is -2.45. The number of carbonyl (C=O) groups is 2. The minimum Gasteiger partial charge on any atom is -0.481 e. The zero-order valence-corrected chi connectivity index (χ0v) is 9.63. The van der Waals surface area contributed by atoms with Gasteiger partial charge in [0.2, 0.25) is 0 Å². The van der Waals surface area contributed by atoms with Gasteiger partial charge in [0.15, 0.2) is 0 Å². The zero-order valence-electron chi connectivity index (χ0n) is 9.63. The first-order valence-corrected chi connectivity index (χ1v) is 5.65. The maximum atomic E-state index is 12.1. The molecule has 2 heterocycles. The monoisotopic (exact) mass is 237 g/mol. The van der Waals surface area contributed by atoms with Crippen molar-refractivity contribution in [2.24, 2.45) is 5.92 Å². The molecule has 0 radical (unpaired) electrons. The Morgan fingerprint density at radius 1 is 1.53 bits per heavy atom. The first-order chi connectivity index (χ1) is 8.09. The topological polar surface area (TPSA) is 70.8 Å². The number of carboxylic acids is 1. The van der Waals surface area contributed by atoms with Crippen molar-refractivity contribution < 1.29 is 19.1 Å². The van der Waals surface area contributed by atoms with Crippen molar-refractivity contribution in [3.8, 4) is 0 Å². The lowest BCUT2D eigenvalue weighted by molar-refractivity contribution is -0.143. The number of piperidine rings is 1. The van der Waals surface area contributed by atoms with Crippen LogP contribution < -0.4 is 0 Å². The Labute approximate surface area is 99.0 Å². The molecule has 2 atom stereocenters. The second kappa shape index (κ2) is 4.61. The summed E-state index contributed by atoms with van der Waals surface area (Å²) >= 11 is 0. The molecule has 92 valence electrons. The van der Waals surface area contributed by atoms with Crippen LogP contribution in [0.2, 0.25) is 0 Å². The summed E-state index contributed by atoms with van der Waals surface area (Å²) in [6.45, 7) is 2.37. The quantitative estimate of drug-likeness (QED) is 0.848. The second-order valence-electron chi connectivity index (χ2n) is 4.42. The number of likely N-dealkylation sites (tertiary alicyclic amines) is 1. The van der Waals surface area contributed by atoms with Gasteiger partial charge in [0.1, 0.15) is 6.26 Å². The smallest absolute Gasteiger partial charge is 0.306 e. The van der Waals surface area contributed by atoms with Crippen molar-refractivity contribution in [2.75, 3.05) is 6.54 Å². The maximum Gasteiger partial charge on any atom is 0.306 e. The number of amides is 1. The molecule has 1 N–H and O–H groups in total. The molecule has 0 saturated carbocycles. The summed E-state index contributed by atoms with van der Waals surface area (Å²) in [4.78, 5) is 24.7. The normalized spacial score (nSPS) is 24.6. The molecule has 17 heavy (non-hydrogen) atoms. The maximum absolute atomic E-state index is 12.1. The summed E-state index contributed by atoms with van der Waals surface area (Å²) in [5.74, 6) is -1.19. The van der Waals surface area contributed by atoms with Gasteiger partial charge in [-0.25, -0.2) is 0 Å². The minimum absolute atomic E-state index is 0.0488. The summed E-state index contributed by atoms with van der Waals surface area (Å²) < 4.78 is 4.88. The van der Waals surface area contributed by atoms with Crippen LogP contribution in [-0.2, 0) is 4.79 Å². The highest BCUT2D eigenvalue weighted by atomic mass is 16.4. The summed E-state index contributed by atoms with van der Waals surface area (Å²) in [6.07, 6.45) is 3.91. The van der Waals surface area contributed by atoms with E-state index in [9.17, 15) is 9.59 Å². The summed E-state index contributed by atoms with van der Waals surface area (Å²) in [5, 5.41) is 8.95. The number of furan rings is 1. The van der Waals surface area contributed by atoms with E-state index in [4.69, 9.17) is 9.52 Å². The second-order valence-corrected chi connectivity index (χ2v) is 4.42. The fraction of sp³-hybridized carbons (Fsp3) is 0.500. The van der Waals surface area contributed by atoms with Gasteiger partial charge in [-0.15, -0.1) is 0 Å². The first kappa shape index (κ1) is 11.7. The van der Waals surface area contributed by atoms with Crippen LogP contribution in [0.5, 0.6) is 0 Å². The highest BCUT2D eigenvalue weighted by Gasteiger charge is 2.32. The van der Waals surface area contributed by atoms with Crippen LogP contribution in [0, 0.1) is 5.92 Å². The average Bonchev–Trinajstić information content (AvgIpc) is 2.81. The molecule has 1 aliphatic rings. The molecular formula is C12H15NO4. The van der Waals surface area contributed by atoms with Gasteiger partial charge in [0.25, 0.3) is 5.91 Å². The lowest BCUT2D eigenvalue weighted by atomic mass is 9.91. The molecule has 1 saturated heterocycles. The Kier molecular flexibility index (Phi) is 3.17. The molecule has 1 aromatic heterocycles. The van der Waals surface area contributed by atoms with Crippen molar-refractivity contribution in [3.05, 3.63) is 24.2 Å². The Hall–Kier alpha value is -1.78. The summed E-state index contributed by atoms with van der Waals surface area (Å²) in [6, 6.07) is 1.57. The minimum atomic E-state index is -0.771. The number of carbonyl (C=O) groups excluding carboxylic acids is 1. The summed E-state index contributed by atoms with van der Waals surface area (Å²) in [5.41, 5.74) is 0.519. The van der Waals surface area contributed by atoms with E-state index >= 15 is 0 Å². The van der Waals surface area contributed by atoms with E-state index in [-0.39, 0.29) is 17.9 Å². The third-order valence-corrected chi connectivity index (χ3v) is 3.25. The number of rotatable bonds is 2. The van der Waals surface area contributed by atoms with Crippen molar-refractivity contribution in [2.45, 2.75) is 25.8 Å². The molecule has 5 nitrogen and oxygen atoms in total. The van der Waals surface area contributed by atoms with Gasteiger partial charge in [-0.1, -0.05) is 0 Å². The van der Waals surface area contributed by atoms with Gasteiger partial charge >= 0.3 is 5.97 Å². The van der Waals surface area contributed by atoms with E-state index in [1.165, 1.54) is 12.5 Å². The fourth-order valence-corrected chi connectivity index (χ4v) is 2.25. The van der Waals surface area contributed by atoms with Crippen LogP contribution in [0.4, 0.5) is 0 Å². The lowest BCUT2D eigenvalue weighted by Gasteiger charge is -2.36. The van der Waals surface area contributed by atoms with E-state index < -0.39 is 5.97 Å². The molecule has 0 aromatic carbocycles. The van der Waals surface area contributed by atoms with Crippen LogP contribution in [-0.4, -0.2) is 34.5 Å². The number of carboxylic acid groups (broad SMARTS) is 1. The Morgan fingerprint density at radius 2 is 2.29 bits per heavy atom. The molecule has 2 unspecified atom stereocenters. The highest BCUT2D eigenvalue weighted by molar-refractivity contribution is 5.94. The molecule has 0 bridgehead atoms. The molecule has 1 aromatic rings. The molecule has 5 heteroatoms. The molecule has 0 aliphatic carbocycles. The van der Waals surface area contributed by atoms with E-state index in [0.717, 1.165) is 0 Å². The van der Waals surface area contributed by atoms with Gasteiger partial charge in [-0.2, -0.15) is 0 Å². The predicted molar refractivity (Wildman–Crippen MR) is 59.6 cm³/mol. The first-order valence-electron chi connectivity index (χ1n) is 5.65. The van der Waals surface area contributed by atoms with E-state index in [1.807, 2.05) is 6.92 Å². The third-order valence-electron chi connectivity index (χ3n) is 3.25. The SMILES string of the molecule is CC1CC(C(=O)O)CCN1C(=O)c1ccoc1. The van der Waals surface area contributed by atoms with Gasteiger partial charge in [-0.3, -0.25) is 9.59 Å². The highest BCUT2D eigenvalue weighted by Crippen LogP contribution is 2.24. The molecular weight excluding hydrogens is 222 g/mol. The van der Waals surface area contributed by atoms with E-state index in [1.54, 1.807) is 11.0 Å². The van der Waals surface area contributed by atoms with Crippen molar-refractivity contribution in [1.29, 1.82) is 0 Å². The molecule has 1 aliphatic heterocycles. The van der Waals surface area contributed by atoms with Crippen LogP contribution in [0.15, 0.2) is 23.0 Å². The molecule has 1 fully saturated rings. The van der Waals surface area contributed by atoms with Crippen molar-refractivity contribution in [1.82, 2.24) is 4.90 Å². The Bertz CT molecular complexity index is 412. The molecule has 1 amide bonds. The zero-order chi connectivity index (χ0) is 12.4.